The molecule has 0 fully saturated rings. The Morgan fingerprint density at radius 2 is 2.20 bits per heavy atom. The van der Waals surface area contributed by atoms with Gasteiger partial charge in [-0.25, -0.2) is 0 Å². The van der Waals surface area contributed by atoms with Gasteiger partial charge in [-0.15, -0.1) is 0 Å². The molecule has 2 atom stereocenters. The van der Waals surface area contributed by atoms with Crippen LogP contribution in [0, 0.1) is 12.8 Å². The number of nitrogens with zero attached hydrogens (tertiary/aromatic N) is 2. The van der Waals surface area contributed by atoms with Crippen molar-refractivity contribution in [2.75, 3.05) is 0 Å². The summed E-state index contributed by atoms with van der Waals surface area (Å²) in [6.45, 7) is 8.07. The first-order valence-electron chi connectivity index (χ1n) is 5.58. The van der Waals surface area contributed by atoms with Gasteiger partial charge in [-0.3, -0.25) is 4.68 Å². The van der Waals surface area contributed by atoms with E-state index in [0.29, 0.717) is 12.3 Å². The smallest absolute Gasteiger partial charge is 0.0700 e. The molecule has 3 heteroatoms. The van der Waals surface area contributed by atoms with Crippen LogP contribution >= 0.6 is 0 Å². The van der Waals surface area contributed by atoms with Crippen LogP contribution in [0.15, 0.2) is 6.07 Å². The van der Waals surface area contributed by atoms with E-state index in [1.54, 1.807) is 0 Å². The van der Waals surface area contributed by atoms with E-state index in [4.69, 9.17) is 0 Å². The molecule has 1 N–H and O–H groups in total. The molecule has 86 valence electrons. The van der Waals surface area contributed by atoms with Crippen LogP contribution in [-0.2, 0) is 13.5 Å². The Balaban J connectivity index is 2.81. The first kappa shape index (κ1) is 12.2. The van der Waals surface area contributed by atoms with Crippen molar-refractivity contribution in [2.24, 2.45) is 13.0 Å². The van der Waals surface area contributed by atoms with Crippen LogP contribution in [0.2, 0.25) is 0 Å². The minimum absolute atomic E-state index is 0.299. The zero-order valence-electron chi connectivity index (χ0n) is 10.4. The molecule has 1 aromatic heterocycles. The summed E-state index contributed by atoms with van der Waals surface area (Å²) in [5.74, 6) is 0.299. The predicted molar refractivity (Wildman–Crippen MR) is 61.7 cm³/mol. The maximum atomic E-state index is 10.3. The highest BCUT2D eigenvalue weighted by molar-refractivity contribution is 5.11. The highest BCUT2D eigenvalue weighted by atomic mass is 16.3. The van der Waals surface area contributed by atoms with Crippen molar-refractivity contribution in [1.82, 2.24) is 9.78 Å². The summed E-state index contributed by atoms with van der Waals surface area (Å²) in [4.78, 5) is 0. The second-order valence-electron chi connectivity index (χ2n) is 4.74. The second kappa shape index (κ2) is 4.35. The van der Waals surface area contributed by atoms with Crippen molar-refractivity contribution >= 4 is 0 Å². The molecule has 0 aliphatic heterocycles. The zero-order valence-corrected chi connectivity index (χ0v) is 10.4. The number of hydrogen-bond donors (Lipinski definition) is 1. The van der Waals surface area contributed by atoms with Crippen LogP contribution in [0.1, 0.15) is 38.6 Å². The molecule has 1 rings (SSSR count). The number of hydrogen-bond acceptors (Lipinski definition) is 2. The lowest BCUT2D eigenvalue weighted by Crippen LogP contribution is -2.35. The molecule has 0 aliphatic carbocycles. The molecule has 0 aromatic carbocycles. The van der Waals surface area contributed by atoms with Gasteiger partial charge < -0.3 is 5.11 Å². The van der Waals surface area contributed by atoms with Crippen molar-refractivity contribution < 1.29 is 5.11 Å². The molecule has 0 saturated carbocycles. The molecular formula is C12H22N2O. The van der Waals surface area contributed by atoms with Crippen molar-refractivity contribution in [1.29, 1.82) is 0 Å². The van der Waals surface area contributed by atoms with Crippen molar-refractivity contribution in [3.63, 3.8) is 0 Å². The maximum Gasteiger partial charge on any atom is 0.0700 e. The lowest BCUT2D eigenvalue weighted by atomic mass is 9.85. The molecule has 3 nitrogen and oxygen atoms in total. The molecule has 2 unspecified atom stereocenters. The third kappa shape index (κ3) is 2.81. The van der Waals surface area contributed by atoms with Gasteiger partial charge in [0.25, 0.3) is 0 Å². The first-order valence-corrected chi connectivity index (χ1v) is 5.58. The first-order chi connectivity index (χ1) is 6.86. The number of aryl methyl sites for hydroxylation is 2. The summed E-state index contributed by atoms with van der Waals surface area (Å²) in [5, 5.41) is 14.6. The van der Waals surface area contributed by atoms with Crippen LogP contribution in [0.4, 0.5) is 0 Å². The highest BCUT2D eigenvalue weighted by Crippen LogP contribution is 2.24. The fraction of sp³-hybridized carbons (Fsp3) is 0.750. The fourth-order valence-electron chi connectivity index (χ4n) is 1.81. The highest BCUT2D eigenvalue weighted by Gasteiger charge is 2.28. The second-order valence-corrected chi connectivity index (χ2v) is 4.74. The molecule has 0 spiro atoms. The van der Waals surface area contributed by atoms with E-state index in [1.807, 2.05) is 31.6 Å². The van der Waals surface area contributed by atoms with Gasteiger partial charge in [0.2, 0.25) is 0 Å². The zero-order chi connectivity index (χ0) is 11.6. The van der Waals surface area contributed by atoms with Crippen LogP contribution in [0.25, 0.3) is 0 Å². The molecule has 1 heterocycles. The Kier molecular flexibility index (Phi) is 3.55. The monoisotopic (exact) mass is 210 g/mol. The molecule has 0 radical (unpaired) electrons. The Labute approximate surface area is 92.1 Å². The lowest BCUT2D eigenvalue weighted by molar-refractivity contribution is 0.00359. The summed E-state index contributed by atoms with van der Waals surface area (Å²) < 4.78 is 1.85. The molecule has 15 heavy (non-hydrogen) atoms. The van der Waals surface area contributed by atoms with Gasteiger partial charge in [0.05, 0.1) is 11.3 Å². The predicted octanol–water partition coefficient (Wildman–Crippen LogP) is 2.07. The van der Waals surface area contributed by atoms with E-state index in [0.717, 1.165) is 17.8 Å². The molecule has 0 amide bonds. The summed E-state index contributed by atoms with van der Waals surface area (Å²) in [7, 11) is 1.93. The molecule has 0 aliphatic rings. The van der Waals surface area contributed by atoms with Gasteiger partial charge in [0.15, 0.2) is 0 Å². The van der Waals surface area contributed by atoms with Gasteiger partial charge >= 0.3 is 0 Å². The SMILES string of the molecule is CCC(C)C(C)(O)Cc1cc(C)nn1C. The molecule has 0 saturated heterocycles. The number of rotatable bonds is 4. The minimum Gasteiger partial charge on any atom is -0.389 e. The van der Waals surface area contributed by atoms with Crippen molar-refractivity contribution in [3.8, 4) is 0 Å². The van der Waals surface area contributed by atoms with Gasteiger partial charge in [0, 0.05) is 19.2 Å². The van der Waals surface area contributed by atoms with E-state index in [1.165, 1.54) is 0 Å². The fourth-order valence-corrected chi connectivity index (χ4v) is 1.81. The Morgan fingerprint density at radius 1 is 1.60 bits per heavy atom. The van der Waals surface area contributed by atoms with E-state index >= 15 is 0 Å². The lowest BCUT2D eigenvalue weighted by Gasteiger charge is -2.29. The largest absolute Gasteiger partial charge is 0.389 e. The van der Waals surface area contributed by atoms with Crippen LogP contribution < -0.4 is 0 Å². The van der Waals surface area contributed by atoms with Crippen molar-refractivity contribution in [2.45, 2.75) is 46.1 Å². The van der Waals surface area contributed by atoms with Crippen LogP contribution in [0.5, 0.6) is 0 Å². The average molecular weight is 210 g/mol. The Morgan fingerprint density at radius 3 is 2.60 bits per heavy atom. The van der Waals surface area contributed by atoms with E-state index in [2.05, 4.69) is 18.9 Å². The third-order valence-electron chi connectivity index (χ3n) is 3.31. The topological polar surface area (TPSA) is 38.1 Å². The normalized spacial score (nSPS) is 17.5. The van der Waals surface area contributed by atoms with Gasteiger partial charge in [-0.2, -0.15) is 5.10 Å². The summed E-state index contributed by atoms with van der Waals surface area (Å²) in [6, 6.07) is 2.04. The van der Waals surface area contributed by atoms with Gasteiger partial charge in [0.1, 0.15) is 0 Å². The minimum atomic E-state index is -0.644. The standard InChI is InChI=1S/C12H22N2O/c1-6-9(2)12(4,15)8-11-7-10(3)13-14(11)5/h7,9,15H,6,8H2,1-5H3. The maximum absolute atomic E-state index is 10.3. The van der Waals surface area contributed by atoms with Gasteiger partial charge in [-0.1, -0.05) is 20.3 Å². The number of aromatic nitrogens is 2. The van der Waals surface area contributed by atoms with Gasteiger partial charge in [-0.05, 0) is 25.8 Å². The summed E-state index contributed by atoms with van der Waals surface area (Å²) in [6.07, 6.45) is 1.66. The molecule has 1 aromatic rings. The Hall–Kier alpha value is -0.830. The third-order valence-corrected chi connectivity index (χ3v) is 3.31. The quantitative estimate of drug-likeness (QED) is 0.826. The van der Waals surface area contributed by atoms with E-state index in [-0.39, 0.29) is 0 Å². The van der Waals surface area contributed by atoms with E-state index < -0.39 is 5.60 Å². The summed E-state index contributed by atoms with van der Waals surface area (Å²) >= 11 is 0. The van der Waals surface area contributed by atoms with Crippen LogP contribution in [0.3, 0.4) is 0 Å². The van der Waals surface area contributed by atoms with Crippen molar-refractivity contribution in [3.05, 3.63) is 17.5 Å². The Bertz CT molecular complexity index is 328. The van der Waals surface area contributed by atoms with Crippen LogP contribution in [-0.4, -0.2) is 20.5 Å². The number of aliphatic hydroxyl groups is 1. The van der Waals surface area contributed by atoms with E-state index in [9.17, 15) is 5.11 Å². The molecule has 0 bridgehead atoms. The summed E-state index contributed by atoms with van der Waals surface area (Å²) in [5.41, 5.74) is 1.46. The average Bonchev–Trinajstić information content (AvgIpc) is 2.43. The molecular weight excluding hydrogens is 188 g/mol.